The van der Waals surface area contributed by atoms with Gasteiger partial charge in [0.2, 0.25) is 0 Å². The molecule has 0 aliphatic rings. The van der Waals surface area contributed by atoms with Crippen LogP contribution in [0.1, 0.15) is 41.0 Å². The van der Waals surface area contributed by atoms with E-state index in [1.807, 2.05) is 20.8 Å². The number of ether oxygens (including phenoxy) is 2. The lowest BCUT2D eigenvalue weighted by Gasteiger charge is -2.24. The van der Waals surface area contributed by atoms with Gasteiger partial charge in [-0.15, -0.1) is 0 Å². The maximum Gasteiger partial charge on any atom is 0.333 e. The number of hydrogen-bond acceptors (Lipinski definition) is 10. The van der Waals surface area contributed by atoms with Crippen molar-refractivity contribution < 1.29 is 64.1 Å². The van der Waals surface area contributed by atoms with Gasteiger partial charge >= 0.3 is 29.8 Å². The first kappa shape index (κ1) is 46.8. The molecule has 0 saturated carbocycles. The third-order valence-electron chi connectivity index (χ3n) is 4.17. The number of aliphatic hydroxyl groups excluding tert-OH is 3. The van der Waals surface area contributed by atoms with Crippen LogP contribution in [0.5, 0.6) is 0 Å². The fourth-order valence-corrected chi connectivity index (χ4v) is 1.30. The molecule has 41 heavy (non-hydrogen) atoms. The molecule has 6 N–H and O–H groups in total. The summed E-state index contributed by atoms with van der Waals surface area (Å²) < 4.78 is 10.0. The molecule has 0 aliphatic heterocycles. The summed E-state index contributed by atoms with van der Waals surface area (Å²) in [5, 5.41) is 48.8. The molecule has 0 aromatic heterocycles. The first-order valence-corrected chi connectivity index (χ1v) is 11.8. The van der Waals surface area contributed by atoms with Crippen molar-refractivity contribution in [2.75, 3.05) is 33.0 Å². The number of carbonyl (C=O) groups is 5. The number of aliphatic hydroxyl groups is 3. The second kappa shape index (κ2) is 27.5. The van der Waals surface area contributed by atoms with Crippen LogP contribution in [0.15, 0.2) is 62.3 Å². The van der Waals surface area contributed by atoms with Gasteiger partial charge in [0.15, 0.2) is 0 Å². The molecule has 0 aliphatic carbocycles. The zero-order valence-electron chi connectivity index (χ0n) is 24.6. The minimum absolute atomic E-state index is 0.156. The Morgan fingerprint density at radius 3 is 0.976 bits per heavy atom. The molecule has 0 rings (SSSR count). The molecule has 0 saturated heterocycles. The van der Waals surface area contributed by atoms with E-state index in [0.29, 0.717) is 17.6 Å². The average Bonchev–Trinajstić information content (AvgIpc) is 2.93. The molecule has 0 radical (unpaired) electrons. The standard InChI is InChI=1S/C13H20O4.C6H14O3.3C3H4O2/c1-9(2)11(14)16-7-13(5,6)8-17-12(15)10(3)4;1-2-6(3-7,4-8)5-9;3*1-2-3(4)5/h1,3,7-8H2,2,4-6H3;7-9H,2-5H2,1H3;3*2H,1H2,(H,4,5). The molecule has 0 fully saturated rings. The minimum Gasteiger partial charge on any atom is -0.478 e. The predicted molar refractivity (Wildman–Crippen MR) is 153 cm³/mol. The number of esters is 2. The Kier molecular flexibility index (Phi) is 31.4. The minimum atomic E-state index is -0.981. The summed E-state index contributed by atoms with van der Waals surface area (Å²) in [4.78, 5) is 50.1. The Morgan fingerprint density at radius 1 is 0.659 bits per heavy atom. The third kappa shape index (κ3) is 35.9. The maximum absolute atomic E-state index is 11.2. The maximum atomic E-state index is 11.2. The van der Waals surface area contributed by atoms with E-state index in [2.05, 4.69) is 32.9 Å². The molecule has 13 heteroatoms. The predicted octanol–water partition coefficient (Wildman–Crippen LogP) is 2.38. The highest BCUT2D eigenvalue weighted by Gasteiger charge is 2.25. The number of carbonyl (C=O) groups excluding carboxylic acids is 2. The van der Waals surface area contributed by atoms with Gasteiger partial charge in [0.25, 0.3) is 0 Å². The van der Waals surface area contributed by atoms with E-state index in [-0.39, 0.29) is 33.0 Å². The van der Waals surface area contributed by atoms with Gasteiger partial charge in [0, 0.05) is 40.2 Å². The van der Waals surface area contributed by atoms with E-state index < -0.39 is 40.7 Å². The van der Waals surface area contributed by atoms with Gasteiger partial charge in [0.05, 0.1) is 33.0 Å². The smallest absolute Gasteiger partial charge is 0.333 e. The molecular weight excluding hydrogens is 544 g/mol. The van der Waals surface area contributed by atoms with Crippen LogP contribution in [0, 0.1) is 10.8 Å². The summed E-state index contributed by atoms with van der Waals surface area (Å²) in [5.74, 6) is -3.83. The molecular formula is C28H46O13. The Morgan fingerprint density at radius 2 is 0.878 bits per heavy atom. The van der Waals surface area contributed by atoms with Crippen molar-refractivity contribution in [1.82, 2.24) is 0 Å². The largest absolute Gasteiger partial charge is 0.478 e. The van der Waals surface area contributed by atoms with Crippen LogP contribution in [-0.2, 0) is 33.4 Å². The fraction of sp³-hybridized carbons (Fsp3) is 0.464. The molecule has 0 heterocycles. The van der Waals surface area contributed by atoms with Gasteiger partial charge in [-0.25, -0.2) is 24.0 Å². The van der Waals surface area contributed by atoms with Crippen LogP contribution in [0.4, 0.5) is 0 Å². The number of aliphatic carboxylic acids is 3. The van der Waals surface area contributed by atoms with Gasteiger partial charge in [-0.1, -0.05) is 53.7 Å². The summed E-state index contributed by atoms with van der Waals surface area (Å²) in [6.07, 6.45) is 3.09. The fourth-order valence-electron chi connectivity index (χ4n) is 1.30. The van der Waals surface area contributed by atoms with Crippen molar-refractivity contribution in [3.8, 4) is 0 Å². The topological polar surface area (TPSA) is 225 Å². The van der Waals surface area contributed by atoms with Crippen LogP contribution >= 0.6 is 0 Å². The normalized spacial score (nSPS) is 9.37. The number of hydrogen-bond donors (Lipinski definition) is 6. The quantitative estimate of drug-likeness (QED) is 0.134. The molecule has 0 spiro atoms. The highest BCUT2D eigenvalue weighted by molar-refractivity contribution is 5.87. The van der Waals surface area contributed by atoms with Crippen molar-refractivity contribution in [3.05, 3.63) is 62.3 Å². The van der Waals surface area contributed by atoms with E-state index >= 15 is 0 Å². The summed E-state index contributed by atoms with van der Waals surface area (Å²) >= 11 is 0. The summed E-state index contributed by atoms with van der Waals surface area (Å²) in [7, 11) is 0. The highest BCUT2D eigenvalue weighted by atomic mass is 16.5. The first-order valence-electron chi connectivity index (χ1n) is 11.8. The van der Waals surface area contributed by atoms with Crippen LogP contribution < -0.4 is 0 Å². The van der Waals surface area contributed by atoms with Gasteiger partial charge in [0.1, 0.15) is 0 Å². The molecule has 236 valence electrons. The molecule has 0 aromatic rings. The summed E-state index contributed by atoms with van der Waals surface area (Å²) in [6, 6.07) is 0. The highest BCUT2D eigenvalue weighted by Crippen LogP contribution is 2.18. The average molecular weight is 591 g/mol. The third-order valence-corrected chi connectivity index (χ3v) is 4.17. The number of carboxylic acid groups (broad SMARTS) is 3. The molecule has 13 nitrogen and oxygen atoms in total. The van der Waals surface area contributed by atoms with Crippen LogP contribution in [0.3, 0.4) is 0 Å². The van der Waals surface area contributed by atoms with Crippen molar-refractivity contribution in [1.29, 1.82) is 0 Å². The van der Waals surface area contributed by atoms with Crippen LogP contribution in [-0.4, -0.2) is 93.5 Å². The van der Waals surface area contributed by atoms with Crippen molar-refractivity contribution in [2.45, 2.75) is 41.0 Å². The monoisotopic (exact) mass is 590 g/mol. The molecule has 0 aromatic carbocycles. The van der Waals surface area contributed by atoms with E-state index in [1.54, 1.807) is 13.8 Å². The second-order valence-electron chi connectivity index (χ2n) is 8.83. The van der Waals surface area contributed by atoms with E-state index in [9.17, 15) is 24.0 Å². The lowest BCUT2D eigenvalue weighted by atomic mass is 9.88. The van der Waals surface area contributed by atoms with Gasteiger partial charge in [-0.3, -0.25) is 0 Å². The lowest BCUT2D eigenvalue weighted by Crippen LogP contribution is -2.32. The molecule has 0 bridgehead atoms. The Balaban J connectivity index is -0.000000150. The van der Waals surface area contributed by atoms with Crippen molar-refractivity contribution in [3.63, 3.8) is 0 Å². The van der Waals surface area contributed by atoms with Crippen molar-refractivity contribution in [2.24, 2.45) is 10.8 Å². The molecule has 0 atom stereocenters. The Bertz CT molecular complexity index is 774. The van der Waals surface area contributed by atoms with E-state index in [4.69, 9.17) is 40.1 Å². The second-order valence-corrected chi connectivity index (χ2v) is 8.83. The summed E-state index contributed by atoms with van der Waals surface area (Å²) in [6.45, 7) is 24.4. The zero-order chi connectivity index (χ0) is 33.8. The first-order chi connectivity index (χ1) is 18.7. The molecule has 0 amide bonds. The Hall–Kier alpha value is -4.07. The Labute approximate surface area is 241 Å². The number of carboxylic acids is 3. The van der Waals surface area contributed by atoms with Crippen LogP contribution in [0.25, 0.3) is 0 Å². The lowest BCUT2D eigenvalue weighted by molar-refractivity contribution is -0.148. The van der Waals surface area contributed by atoms with Gasteiger partial charge in [-0.05, 0) is 20.3 Å². The van der Waals surface area contributed by atoms with E-state index in [1.165, 1.54) is 0 Å². The zero-order valence-corrected chi connectivity index (χ0v) is 24.6. The van der Waals surface area contributed by atoms with Gasteiger partial charge in [-0.2, -0.15) is 0 Å². The van der Waals surface area contributed by atoms with Crippen molar-refractivity contribution >= 4 is 29.8 Å². The summed E-state index contributed by atoms with van der Waals surface area (Å²) in [5.41, 5.74) is -0.407. The van der Waals surface area contributed by atoms with Gasteiger partial charge < -0.3 is 40.1 Å². The molecule has 0 unspecified atom stereocenters. The SMILES string of the molecule is C=C(C)C(=O)OCC(C)(C)COC(=O)C(=C)C.C=CC(=O)O.C=CC(=O)O.C=CC(=O)O.CCC(CO)(CO)CO. The van der Waals surface area contributed by atoms with E-state index in [0.717, 1.165) is 18.2 Å². The van der Waals surface area contributed by atoms with Crippen LogP contribution in [0.2, 0.25) is 0 Å². The number of rotatable bonds is 13.